The summed E-state index contributed by atoms with van der Waals surface area (Å²) in [6.45, 7) is 4.13. The maximum absolute atomic E-state index is 12.7. The fourth-order valence-electron chi connectivity index (χ4n) is 5.44. The molecule has 1 N–H and O–H groups in total. The van der Waals surface area contributed by atoms with Crippen molar-refractivity contribution >= 4 is 19.8 Å². The van der Waals surface area contributed by atoms with Crippen molar-refractivity contribution in [3.63, 3.8) is 0 Å². The molecule has 0 bridgehead atoms. The second-order valence-corrected chi connectivity index (χ2v) is 16.8. The van der Waals surface area contributed by atoms with E-state index in [2.05, 4.69) is 68.5 Å². The van der Waals surface area contributed by atoms with Gasteiger partial charge in [-0.25, -0.2) is 4.57 Å². The number of unbranched alkanes of at least 4 members (excludes halogenated alkanes) is 14. The zero-order valence-electron chi connectivity index (χ0n) is 36.1. The second-order valence-electron chi connectivity index (χ2n) is 15.4. The molecule has 10 heteroatoms. The number of allylic oxidation sites excluding steroid dienone is 12. The summed E-state index contributed by atoms with van der Waals surface area (Å²) in [7, 11) is 1.44. The second kappa shape index (κ2) is 38.0. The van der Waals surface area contributed by atoms with Crippen LogP contribution in [-0.2, 0) is 32.7 Å². The average molecular weight is 807 g/mol. The van der Waals surface area contributed by atoms with E-state index >= 15 is 0 Å². The molecule has 0 radical (unpaired) electrons. The lowest BCUT2D eigenvalue weighted by Crippen LogP contribution is -2.37. The summed E-state index contributed by atoms with van der Waals surface area (Å²) < 4.78 is 34.3. The van der Waals surface area contributed by atoms with Crippen molar-refractivity contribution in [2.75, 3.05) is 47.5 Å². The molecule has 0 saturated carbocycles. The Kier molecular flexibility index (Phi) is 36.3. The van der Waals surface area contributed by atoms with Gasteiger partial charge in [-0.2, -0.15) is 0 Å². The number of phosphoric acid groups is 1. The van der Waals surface area contributed by atoms with E-state index in [1.807, 2.05) is 39.4 Å². The number of nitrogens with zero attached hydrogens (tertiary/aromatic N) is 1. The first-order valence-electron chi connectivity index (χ1n) is 21.7. The lowest BCUT2D eigenvalue weighted by atomic mass is 10.1. The van der Waals surface area contributed by atoms with Crippen LogP contribution >= 0.6 is 7.82 Å². The molecule has 0 aliphatic rings. The van der Waals surface area contributed by atoms with Crippen LogP contribution in [0.2, 0.25) is 0 Å². The van der Waals surface area contributed by atoms with Crippen LogP contribution in [0, 0.1) is 0 Å². The molecule has 2 unspecified atom stereocenters. The Bertz CT molecular complexity index is 1180. The number of ether oxygens (including phenoxy) is 2. The topological polar surface area (TPSA) is 108 Å². The minimum absolute atomic E-state index is 0.0228. The van der Waals surface area contributed by atoms with Crippen LogP contribution in [0.4, 0.5) is 0 Å². The number of hydrogen-bond acceptors (Lipinski definition) is 7. The van der Waals surface area contributed by atoms with Gasteiger partial charge in [0.05, 0.1) is 27.7 Å². The van der Waals surface area contributed by atoms with E-state index in [1.54, 1.807) is 0 Å². The summed E-state index contributed by atoms with van der Waals surface area (Å²) in [6.07, 6.45) is 46.6. The van der Waals surface area contributed by atoms with Crippen molar-refractivity contribution in [3.05, 3.63) is 72.9 Å². The van der Waals surface area contributed by atoms with Gasteiger partial charge in [0.1, 0.15) is 19.8 Å². The monoisotopic (exact) mass is 807 g/mol. The van der Waals surface area contributed by atoms with Crippen LogP contribution in [0.5, 0.6) is 0 Å². The Hall–Kier alpha value is -2.55. The summed E-state index contributed by atoms with van der Waals surface area (Å²) in [5.74, 6) is -0.836. The van der Waals surface area contributed by atoms with Crippen LogP contribution in [0.3, 0.4) is 0 Å². The van der Waals surface area contributed by atoms with Crippen molar-refractivity contribution < 1.29 is 42.1 Å². The van der Waals surface area contributed by atoms with E-state index < -0.39 is 26.5 Å². The van der Waals surface area contributed by atoms with Crippen molar-refractivity contribution in [1.82, 2.24) is 0 Å². The Morgan fingerprint density at radius 2 is 1.05 bits per heavy atom. The minimum Gasteiger partial charge on any atom is -0.462 e. The highest BCUT2D eigenvalue weighted by Gasteiger charge is 2.27. The molecule has 0 rings (SSSR count). The van der Waals surface area contributed by atoms with Gasteiger partial charge in [-0.3, -0.25) is 18.6 Å². The molecular formula is C46H81NO8P+. The maximum Gasteiger partial charge on any atom is 0.472 e. The smallest absolute Gasteiger partial charge is 0.462 e. The first-order valence-corrected chi connectivity index (χ1v) is 23.2. The third-order valence-corrected chi connectivity index (χ3v) is 9.78. The third-order valence-electron chi connectivity index (χ3n) is 8.79. The standard InChI is InChI=1S/C46H80NO8P/c1-6-8-10-12-14-16-18-20-21-22-23-24-25-27-28-30-32-34-36-38-45(48)52-42-44(43-54-56(50,51)53-41-40-47(3,4)5)55-46(49)39-37-35-33-31-29-26-19-17-15-13-11-9-7-2/h8-11,13-17,19-21,44H,6-7,12,18,22-43H2,1-5H3/p+1/b10-8+,11-9+,15-13+,16-14+,19-17+,21-20+. The number of likely N-dealkylation sites (N-methyl/N-ethyl adjacent to an activating group) is 1. The van der Waals surface area contributed by atoms with Gasteiger partial charge in [-0.1, -0.05) is 151 Å². The molecule has 0 saturated heterocycles. The highest BCUT2D eigenvalue weighted by atomic mass is 31.2. The molecule has 2 atom stereocenters. The number of quaternary nitrogens is 1. The third kappa shape index (κ3) is 41.1. The molecule has 0 aliphatic carbocycles. The molecule has 0 aromatic carbocycles. The van der Waals surface area contributed by atoms with Gasteiger partial charge in [0.25, 0.3) is 0 Å². The van der Waals surface area contributed by atoms with E-state index in [1.165, 1.54) is 32.1 Å². The predicted octanol–water partition coefficient (Wildman–Crippen LogP) is 12.2. The van der Waals surface area contributed by atoms with Crippen molar-refractivity contribution in [2.24, 2.45) is 0 Å². The van der Waals surface area contributed by atoms with Crippen LogP contribution in [0.25, 0.3) is 0 Å². The largest absolute Gasteiger partial charge is 0.472 e. The van der Waals surface area contributed by atoms with Crippen LogP contribution in [0.15, 0.2) is 72.9 Å². The van der Waals surface area contributed by atoms with Crippen LogP contribution in [-0.4, -0.2) is 74.9 Å². The van der Waals surface area contributed by atoms with Gasteiger partial charge < -0.3 is 18.9 Å². The van der Waals surface area contributed by atoms with Crippen molar-refractivity contribution in [1.29, 1.82) is 0 Å². The molecule has 0 heterocycles. The molecule has 322 valence electrons. The zero-order chi connectivity index (χ0) is 41.4. The highest BCUT2D eigenvalue weighted by molar-refractivity contribution is 7.47. The Morgan fingerprint density at radius 3 is 1.62 bits per heavy atom. The summed E-state index contributed by atoms with van der Waals surface area (Å²) >= 11 is 0. The quantitative estimate of drug-likeness (QED) is 0.0164. The van der Waals surface area contributed by atoms with E-state index in [9.17, 15) is 19.0 Å². The molecule has 0 fully saturated rings. The van der Waals surface area contributed by atoms with Crippen LogP contribution < -0.4 is 0 Å². The Labute approximate surface area is 342 Å². The van der Waals surface area contributed by atoms with Gasteiger partial charge in [-0.15, -0.1) is 0 Å². The first kappa shape index (κ1) is 53.5. The predicted molar refractivity (Wildman–Crippen MR) is 233 cm³/mol. The minimum atomic E-state index is -4.38. The number of esters is 2. The summed E-state index contributed by atoms with van der Waals surface area (Å²) in [5.41, 5.74) is 0. The molecule has 0 amide bonds. The Morgan fingerprint density at radius 1 is 0.571 bits per heavy atom. The van der Waals surface area contributed by atoms with Gasteiger partial charge >= 0.3 is 19.8 Å². The fraction of sp³-hybridized carbons (Fsp3) is 0.696. The van der Waals surface area contributed by atoms with Gasteiger partial charge in [-0.05, 0) is 64.2 Å². The molecule has 0 aromatic heterocycles. The first-order chi connectivity index (χ1) is 27.0. The number of rotatable bonds is 38. The summed E-state index contributed by atoms with van der Waals surface area (Å²) in [6, 6.07) is 0. The zero-order valence-corrected chi connectivity index (χ0v) is 37.0. The lowest BCUT2D eigenvalue weighted by molar-refractivity contribution is -0.870. The van der Waals surface area contributed by atoms with E-state index in [-0.39, 0.29) is 32.0 Å². The molecule has 0 aromatic rings. The van der Waals surface area contributed by atoms with E-state index in [4.69, 9.17) is 18.5 Å². The molecule has 0 aliphatic heterocycles. The SMILES string of the molecule is CC/C=C/C=C/C=C/CCCCCCCC(=O)OC(COC(=O)CCCCCCCCCCC/C=C/C/C=C/C/C=C/CC)COP(=O)(O)OCC[N+](C)(C)C. The number of carbonyl (C=O) groups excluding carboxylic acids is 2. The molecule has 9 nitrogen and oxygen atoms in total. The van der Waals surface area contributed by atoms with Gasteiger partial charge in [0.2, 0.25) is 0 Å². The number of carbonyl (C=O) groups is 2. The molecule has 56 heavy (non-hydrogen) atoms. The fourth-order valence-corrected chi connectivity index (χ4v) is 6.18. The van der Waals surface area contributed by atoms with E-state index in [0.717, 1.165) is 89.9 Å². The summed E-state index contributed by atoms with van der Waals surface area (Å²) in [5, 5.41) is 0. The van der Waals surface area contributed by atoms with Crippen molar-refractivity contribution in [2.45, 2.75) is 161 Å². The van der Waals surface area contributed by atoms with Crippen molar-refractivity contribution in [3.8, 4) is 0 Å². The average Bonchev–Trinajstić information content (AvgIpc) is 3.15. The highest BCUT2D eigenvalue weighted by Crippen LogP contribution is 2.43. The maximum atomic E-state index is 12.7. The molecular weight excluding hydrogens is 725 g/mol. The number of phosphoric ester groups is 1. The summed E-state index contributed by atoms with van der Waals surface area (Å²) in [4.78, 5) is 35.3. The van der Waals surface area contributed by atoms with Crippen LogP contribution in [0.1, 0.15) is 155 Å². The van der Waals surface area contributed by atoms with Gasteiger partial charge in [0, 0.05) is 12.8 Å². The van der Waals surface area contributed by atoms with E-state index in [0.29, 0.717) is 17.4 Å². The molecule has 0 spiro atoms. The lowest BCUT2D eigenvalue weighted by Gasteiger charge is -2.24. The number of hydrogen-bond donors (Lipinski definition) is 1. The normalized spacial score (nSPS) is 14.3. The Balaban J connectivity index is 4.36. The van der Waals surface area contributed by atoms with Gasteiger partial charge in [0.15, 0.2) is 6.10 Å².